The Morgan fingerprint density at radius 1 is 1.17 bits per heavy atom. The van der Waals surface area contributed by atoms with Crippen molar-refractivity contribution in [3.63, 3.8) is 0 Å². The molecule has 1 aromatic carbocycles. The lowest BCUT2D eigenvalue weighted by Crippen LogP contribution is -2.23. The van der Waals surface area contributed by atoms with Gasteiger partial charge in [0.15, 0.2) is 0 Å². The highest BCUT2D eigenvalue weighted by molar-refractivity contribution is 5.62. The first-order valence-electron chi connectivity index (χ1n) is 6.35. The summed E-state index contributed by atoms with van der Waals surface area (Å²) >= 11 is 0. The summed E-state index contributed by atoms with van der Waals surface area (Å²) < 4.78 is 0. The molecule has 0 unspecified atom stereocenters. The van der Waals surface area contributed by atoms with Crippen molar-refractivity contribution < 1.29 is 0 Å². The number of pyridine rings is 1. The Bertz CT molecular complexity index is 537. The van der Waals surface area contributed by atoms with Gasteiger partial charge in [0.2, 0.25) is 0 Å². The van der Waals surface area contributed by atoms with Crippen LogP contribution in [0.1, 0.15) is 11.1 Å². The molecular weight excluding hydrogens is 222 g/mol. The van der Waals surface area contributed by atoms with Gasteiger partial charge in [-0.05, 0) is 54.3 Å². The Kier molecular flexibility index (Phi) is 2.89. The van der Waals surface area contributed by atoms with Crippen LogP contribution in [0.2, 0.25) is 0 Å². The maximum absolute atomic E-state index is 5.82. The summed E-state index contributed by atoms with van der Waals surface area (Å²) in [6, 6.07) is 10.4. The molecule has 3 rings (SSSR count). The Morgan fingerprint density at radius 3 is 2.83 bits per heavy atom. The van der Waals surface area contributed by atoms with Crippen LogP contribution in [0.15, 0.2) is 42.7 Å². The molecule has 0 spiro atoms. The Morgan fingerprint density at radius 2 is 2.00 bits per heavy atom. The molecular formula is C15H17N3. The Balaban J connectivity index is 1.70. The minimum atomic E-state index is 0.865. The number of hydrogen-bond donors (Lipinski definition) is 1. The van der Waals surface area contributed by atoms with Crippen LogP contribution in [-0.4, -0.2) is 18.1 Å². The summed E-state index contributed by atoms with van der Waals surface area (Å²) in [6.07, 6.45) is 5.88. The SMILES string of the molecule is Nc1ccc2c(c1)CCN2CCc1ccncc1. The van der Waals surface area contributed by atoms with Gasteiger partial charge >= 0.3 is 0 Å². The van der Waals surface area contributed by atoms with Gasteiger partial charge in [-0.3, -0.25) is 4.98 Å². The van der Waals surface area contributed by atoms with E-state index < -0.39 is 0 Å². The average molecular weight is 239 g/mol. The molecule has 0 amide bonds. The van der Waals surface area contributed by atoms with Gasteiger partial charge in [0.05, 0.1) is 0 Å². The fourth-order valence-corrected chi connectivity index (χ4v) is 2.54. The van der Waals surface area contributed by atoms with Gasteiger partial charge in [0.1, 0.15) is 0 Å². The summed E-state index contributed by atoms with van der Waals surface area (Å²) in [6.45, 7) is 2.16. The second-order valence-electron chi connectivity index (χ2n) is 4.73. The van der Waals surface area contributed by atoms with E-state index in [2.05, 4.69) is 34.1 Å². The van der Waals surface area contributed by atoms with Gasteiger partial charge in [-0.2, -0.15) is 0 Å². The zero-order valence-electron chi connectivity index (χ0n) is 10.3. The number of nitrogen functional groups attached to an aromatic ring is 1. The molecule has 2 aromatic rings. The van der Waals surface area contributed by atoms with Crippen molar-refractivity contribution in [2.45, 2.75) is 12.8 Å². The number of hydrogen-bond acceptors (Lipinski definition) is 3. The highest BCUT2D eigenvalue weighted by atomic mass is 15.1. The number of benzene rings is 1. The van der Waals surface area contributed by atoms with E-state index in [1.165, 1.54) is 16.8 Å². The number of nitrogens with two attached hydrogens (primary N) is 1. The molecule has 0 fully saturated rings. The van der Waals surface area contributed by atoms with Crippen LogP contribution in [0.5, 0.6) is 0 Å². The maximum Gasteiger partial charge on any atom is 0.0401 e. The lowest BCUT2D eigenvalue weighted by molar-refractivity contribution is 0.812. The number of anilines is 2. The third-order valence-electron chi connectivity index (χ3n) is 3.52. The van der Waals surface area contributed by atoms with Gasteiger partial charge in [-0.25, -0.2) is 0 Å². The van der Waals surface area contributed by atoms with Crippen LogP contribution in [-0.2, 0) is 12.8 Å². The highest BCUT2D eigenvalue weighted by Crippen LogP contribution is 2.29. The number of aromatic nitrogens is 1. The molecule has 0 radical (unpaired) electrons. The van der Waals surface area contributed by atoms with E-state index in [4.69, 9.17) is 5.73 Å². The second-order valence-corrected chi connectivity index (χ2v) is 4.73. The van der Waals surface area contributed by atoms with Gasteiger partial charge in [-0.1, -0.05) is 0 Å². The Hall–Kier alpha value is -2.03. The normalized spacial score (nSPS) is 13.7. The largest absolute Gasteiger partial charge is 0.399 e. The number of fused-ring (bicyclic) bond motifs is 1. The van der Waals surface area contributed by atoms with E-state index in [-0.39, 0.29) is 0 Å². The fourth-order valence-electron chi connectivity index (χ4n) is 2.54. The van der Waals surface area contributed by atoms with E-state index in [1.54, 1.807) is 0 Å². The van der Waals surface area contributed by atoms with Crippen molar-refractivity contribution in [3.05, 3.63) is 53.9 Å². The summed E-state index contributed by atoms with van der Waals surface area (Å²) in [5.41, 5.74) is 10.7. The summed E-state index contributed by atoms with van der Waals surface area (Å²) in [4.78, 5) is 6.48. The molecule has 3 heteroatoms. The van der Waals surface area contributed by atoms with Crippen molar-refractivity contribution in [1.82, 2.24) is 4.98 Å². The van der Waals surface area contributed by atoms with Crippen LogP contribution in [0.3, 0.4) is 0 Å². The lowest BCUT2D eigenvalue weighted by atomic mass is 10.1. The third-order valence-corrected chi connectivity index (χ3v) is 3.52. The minimum absolute atomic E-state index is 0.865. The summed E-state index contributed by atoms with van der Waals surface area (Å²) in [7, 11) is 0. The topological polar surface area (TPSA) is 42.1 Å². The van der Waals surface area contributed by atoms with E-state index in [9.17, 15) is 0 Å². The third kappa shape index (κ3) is 2.16. The maximum atomic E-state index is 5.82. The van der Waals surface area contributed by atoms with Gasteiger partial charge in [0, 0.05) is 36.9 Å². The standard InChI is InChI=1S/C15H17N3/c16-14-1-2-15-13(11-14)6-10-18(15)9-5-12-3-7-17-8-4-12/h1-4,7-8,11H,5-6,9-10,16H2. The van der Waals surface area contributed by atoms with Crippen LogP contribution >= 0.6 is 0 Å². The quantitative estimate of drug-likeness (QED) is 0.835. The van der Waals surface area contributed by atoms with Crippen molar-refractivity contribution in [1.29, 1.82) is 0 Å². The summed E-state index contributed by atoms with van der Waals surface area (Å²) in [5.74, 6) is 0. The van der Waals surface area contributed by atoms with Crippen LogP contribution in [0.25, 0.3) is 0 Å². The molecule has 1 aromatic heterocycles. The second kappa shape index (κ2) is 4.69. The monoisotopic (exact) mass is 239 g/mol. The predicted octanol–water partition coefficient (Wildman–Crippen LogP) is 2.27. The van der Waals surface area contributed by atoms with Gasteiger partial charge < -0.3 is 10.6 Å². The van der Waals surface area contributed by atoms with Crippen molar-refractivity contribution >= 4 is 11.4 Å². The van der Waals surface area contributed by atoms with Crippen LogP contribution < -0.4 is 10.6 Å². The zero-order chi connectivity index (χ0) is 12.4. The molecule has 92 valence electrons. The lowest BCUT2D eigenvalue weighted by Gasteiger charge is -2.19. The predicted molar refractivity (Wildman–Crippen MR) is 74.7 cm³/mol. The molecule has 2 heterocycles. The van der Waals surface area contributed by atoms with Crippen LogP contribution in [0, 0.1) is 0 Å². The molecule has 3 nitrogen and oxygen atoms in total. The van der Waals surface area contributed by atoms with E-state index >= 15 is 0 Å². The number of rotatable bonds is 3. The van der Waals surface area contributed by atoms with Gasteiger partial charge in [0.25, 0.3) is 0 Å². The van der Waals surface area contributed by atoms with E-state index in [0.717, 1.165) is 31.6 Å². The van der Waals surface area contributed by atoms with Crippen LogP contribution in [0.4, 0.5) is 11.4 Å². The number of nitrogens with zero attached hydrogens (tertiary/aromatic N) is 2. The molecule has 0 saturated heterocycles. The fraction of sp³-hybridized carbons (Fsp3) is 0.267. The summed E-state index contributed by atoms with van der Waals surface area (Å²) in [5, 5.41) is 0. The van der Waals surface area contributed by atoms with E-state index in [1.807, 2.05) is 18.5 Å². The highest BCUT2D eigenvalue weighted by Gasteiger charge is 2.18. The molecule has 0 bridgehead atoms. The van der Waals surface area contributed by atoms with Crippen molar-refractivity contribution in [2.75, 3.05) is 23.7 Å². The van der Waals surface area contributed by atoms with Crippen molar-refractivity contribution in [3.8, 4) is 0 Å². The Labute approximate surface area is 107 Å². The first kappa shape index (κ1) is 11.1. The molecule has 0 aliphatic carbocycles. The van der Waals surface area contributed by atoms with E-state index in [0.29, 0.717) is 0 Å². The minimum Gasteiger partial charge on any atom is -0.399 e. The molecule has 2 N–H and O–H groups in total. The molecule has 1 aliphatic rings. The molecule has 18 heavy (non-hydrogen) atoms. The molecule has 0 atom stereocenters. The smallest absolute Gasteiger partial charge is 0.0401 e. The average Bonchev–Trinajstić information content (AvgIpc) is 2.80. The first-order valence-corrected chi connectivity index (χ1v) is 6.35. The van der Waals surface area contributed by atoms with Gasteiger partial charge in [-0.15, -0.1) is 0 Å². The zero-order valence-corrected chi connectivity index (χ0v) is 10.3. The first-order chi connectivity index (χ1) is 8.83. The molecule has 0 saturated carbocycles. The molecule has 1 aliphatic heterocycles. The van der Waals surface area contributed by atoms with Crippen molar-refractivity contribution in [2.24, 2.45) is 0 Å².